The smallest absolute Gasteiger partial charge is 0.243 e. The zero-order valence-corrected chi connectivity index (χ0v) is 11.2. The Morgan fingerprint density at radius 3 is 2.50 bits per heavy atom. The monoisotopic (exact) mass is 272 g/mol. The zero-order chi connectivity index (χ0) is 13.6. The molecule has 0 saturated carbocycles. The Balaban J connectivity index is 2.21. The van der Waals surface area contributed by atoms with Crippen LogP contribution >= 0.6 is 0 Å². The van der Waals surface area contributed by atoms with E-state index in [4.69, 9.17) is 5.73 Å². The van der Waals surface area contributed by atoms with Crippen molar-refractivity contribution in [1.82, 2.24) is 4.31 Å². The summed E-state index contributed by atoms with van der Waals surface area (Å²) < 4.78 is 38.7. The van der Waals surface area contributed by atoms with E-state index in [1.54, 1.807) is 0 Å². The second-order valence-electron chi connectivity index (χ2n) is 5.12. The summed E-state index contributed by atoms with van der Waals surface area (Å²) in [4.78, 5) is -0.0201. The maximum absolute atomic E-state index is 13.1. The van der Waals surface area contributed by atoms with E-state index < -0.39 is 21.4 Å². The second-order valence-corrected chi connectivity index (χ2v) is 7.06. The summed E-state index contributed by atoms with van der Waals surface area (Å²) in [6, 6.07) is 5.03. The quantitative estimate of drug-likeness (QED) is 0.898. The molecule has 2 rings (SSSR count). The Kier molecular flexibility index (Phi) is 3.21. The van der Waals surface area contributed by atoms with Gasteiger partial charge in [-0.05, 0) is 24.1 Å². The molecule has 2 N–H and O–H groups in total. The van der Waals surface area contributed by atoms with Gasteiger partial charge in [-0.2, -0.15) is 4.31 Å². The van der Waals surface area contributed by atoms with E-state index in [2.05, 4.69) is 0 Å². The summed E-state index contributed by atoms with van der Waals surface area (Å²) in [5.74, 6) is -0.351. The van der Waals surface area contributed by atoms with E-state index in [-0.39, 0.29) is 23.9 Å². The summed E-state index contributed by atoms with van der Waals surface area (Å²) in [6.45, 7) is 4.49. The van der Waals surface area contributed by atoms with Crippen molar-refractivity contribution in [3.63, 3.8) is 0 Å². The van der Waals surface area contributed by atoms with Crippen LogP contribution in [-0.2, 0) is 10.0 Å². The molecule has 0 unspecified atom stereocenters. The molecular formula is C12H17FN2O2S. The minimum atomic E-state index is -3.62. The van der Waals surface area contributed by atoms with Gasteiger partial charge in [-0.15, -0.1) is 0 Å². The van der Waals surface area contributed by atoms with Crippen LogP contribution in [0.3, 0.4) is 0 Å². The summed E-state index contributed by atoms with van der Waals surface area (Å²) in [6.07, 6.45) is 0. The number of hydrogen-bond donors (Lipinski definition) is 1. The van der Waals surface area contributed by atoms with Gasteiger partial charge in [-0.1, -0.05) is 19.9 Å². The van der Waals surface area contributed by atoms with E-state index in [1.807, 2.05) is 13.8 Å². The zero-order valence-electron chi connectivity index (χ0n) is 10.4. The molecule has 1 fully saturated rings. The predicted molar refractivity (Wildman–Crippen MR) is 66.9 cm³/mol. The Bertz CT molecular complexity index is 551. The van der Waals surface area contributed by atoms with E-state index in [9.17, 15) is 12.8 Å². The highest BCUT2D eigenvalue weighted by Gasteiger charge is 2.47. The van der Waals surface area contributed by atoms with Crippen LogP contribution in [0.5, 0.6) is 0 Å². The van der Waals surface area contributed by atoms with Crippen LogP contribution in [0.4, 0.5) is 4.39 Å². The lowest BCUT2D eigenvalue weighted by Crippen LogP contribution is -2.70. The van der Waals surface area contributed by atoms with Crippen molar-refractivity contribution < 1.29 is 12.8 Å². The molecule has 1 aromatic carbocycles. The highest BCUT2D eigenvalue weighted by Crippen LogP contribution is 2.31. The molecule has 0 spiro atoms. The maximum atomic E-state index is 13.1. The second kappa shape index (κ2) is 4.29. The lowest BCUT2D eigenvalue weighted by molar-refractivity contribution is 0.110. The Labute approximate surface area is 107 Å². The van der Waals surface area contributed by atoms with E-state index in [1.165, 1.54) is 22.5 Å². The molecule has 1 heterocycles. The average molecular weight is 272 g/mol. The molecule has 0 atom stereocenters. The van der Waals surface area contributed by atoms with Crippen molar-refractivity contribution in [3.8, 4) is 0 Å². The third-order valence-electron chi connectivity index (χ3n) is 3.53. The first-order chi connectivity index (χ1) is 8.25. The van der Waals surface area contributed by atoms with Gasteiger partial charge in [0.05, 0.1) is 4.90 Å². The molecule has 0 amide bonds. The molecule has 1 aromatic rings. The summed E-state index contributed by atoms with van der Waals surface area (Å²) >= 11 is 0. The minimum absolute atomic E-state index is 0.0201. The lowest BCUT2D eigenvalue weighted by atomic mass is 9.82. The molecule has 1 saturated heterocycles. The van der Waals surface area contributed by atoms with Crippen molar-refractivity contribution >= 4 is 10.0 Å². The summed E-state index contributed by atoms with van der Waals surface area (Å²) in [7, 11) is -3.62. The molecule has 0 bridgehead atoms. The summed E-state index contributed by atoms with van der Waals surface area (Å²) in [5.41, 5.74) is 5.59. The molecule has 100 valence electrons. The normalized spacial score (nSPS) is 19.8. The van der Waals surface area contributed by atoms with Gasteiger partial charge in [0.1, 0.15) is 5.82 Å². The molecule has 0 aliphatic carbocycles. The third kappa shape index (κ3) is 2.15. The summed E-state index contributed by atoms with van der Waals surface area (Å²) in [5, 5.41) is 0. The van der Waals surface area contributed by atoms with Crippen molar-refractivity contribution in [3.05, 3.63) is 30.1 Å². The van der Waals surface area contributed by atoms with Crippen LogP contribution in [0.1, 0.15) is 13.8 Å². The van der Waals surface area contributed by atoms with E-state index in [0.717, 1.165) is 6.07 Å². The van der Waals surface area contributed by atoms with Crippen LogP contribution in [-0.4, -0.2) is 31.4 Å². The fraction of sp³-hybridized carbons (Fsp3) is 0.500. The van der Waals surface area contributed by atoms with Crippen LogP contribution in [0.25, 0.3) is 0 Å². The molecule has 1 aliphatic heterocycles. The van der Waals surface area contributed by atoms with Gasteiger partial charge in [0, 0.05) is 18.6 Å². The van der Waals surface area contributed by atoms with Gasteiger partial charge >= 0.3 is 0 Å². The fourth-order valence-corrected chi connectivity index (χ4v) is 3.55. The van der Waals surface area contributed by atoms with Crippen LogP contribution in [0, 0.1) is 11.7 Å². The topological polar surface area (TPSA) is 63.4 Å². The number of hydrogen-bond acceptors (Lipinski definition) is 3. The van der Waals surface area contributed by atoms with Crippen molar-refractivity contribution in [2.24, 2.45) is 11.7 Å². The Hall–Kier alpha value is -0.980. The van der Waals surface area contributed by atoms with Gasteiger partial charge in [-0.3, -0.25) is 0 Å². The first-order valence-corrected chi connectivity index (χ1v) is 7.24. The van der Waals surface area contributed by atoms with Crippen molar-refractivity contribution in [1.29, 1.82) is 0 Å². The molecule has 18 heavy (non-hydrogen) atoms. The third-order valence-corrected chi connectivity index (χ3v) is 5.31. The van der Waals surface area contributed by atoms with Gasteiger partial charge in [0.25, 0.3) is 0 Å². The Morgan fingerprint density at radius 2 is 2.00 bits per heavy atom. The van der Waals surface area contributed by atoms with Crippen molar-refractivity contribution in [2.45, 2.75) is 24.3 Å². The largest absolute Gasteiger partial charge is 0.323 e. The molecule has 0 radical (unpaired) electrons. The highest BCUT2D eigenvalue weighted by molar-refractivity contribution is 7.89. The first kappa shape index (κ1) is 13.5. The predicted octanol–water partition coefficient (Wildman–Crippen LogP) is 1.18. The highest BCUT2D eigenvalue weighted by atomic mass is 32.2. The number of nitrogens with two attached hydrogens (primary N) is 1. The Morgan fingerprint density at radius 1 is 1.39 bits per heavy atom. The van der Waals surface area contributed by atoms with E-state index in [0.29, 0.717) is 0 Å². The van der Waals surface area contributed by atoms with Gasteiger partial charge in [-0.25, -0.2) is 12.8 Å². The van der Waals surface area contributed by atoms with E-state index >= 15 is 0 Å². The number of rotatable bonds is 3. The van der Waals surface area contributed by atoms with Crippen LogP contribution in [0.2, 0.25) is 0 Å². The number of benzene rings is 1. The molecule has 1 aliphatic rings. The van der Waals surface area contributed by atoms with Gasteiger partial charge < -0.3 is 5.73 Å². The van der Waals surface area contributed by atoms with Gasteiger partial charge in [0.2, 0.25) is 10.0 Å². The lowest BCUT2D eigenvalue weighted by Gasteiger charge is -2.49. The standard InChI is InChI=1S/C12H17FN2O2S/c1-9(2)12(14)7-15(8-12)18(16,17)11-5-3-4-10(13)6-11/h3-6,9H,7-8,14H2,1-2H3. The van der Waals surface area contributed by atoms with Crippen molar-refractivity contribution in [2.75, 3.05) is 13.1 Å². The van der Waals surface area contributed by atoms with Crippen LogP contribution in [0.15, 0.2) is 29.2 Å². The molecular weight excluding hydrogens is 255 g/mol. The number of halogens is 1. The minimum Gasteiger partial charge on any atom is -0.323 e. The van der Waals surface area contributed by atoms with Gasteiger partial charge in [0.15, 0.2) is 0 Å². The molecule has 4 nitrogen and oxygen atoms in total. The number of nitrogens with zero attached hydrogens (tertiary/aromatic N) is 1. The molecule has 6 heteroatoms. The number of sulfonamides is 1. The van der Waals surface area contributed by atoms with Crippen LogP contribution < -0.4 is 5.73 Å². The SMILES string of the molecule is CC(C)C1(N)CN(S(=O)(=O)c2cccc(F)c2)C1. The molecule has 0 aromatic heterocycles. The average Bonchev–Trinajstić information content (AvgIpc) is 2.24. The first-order valence-electron chi connectivity index (χ1n) is 5.80. The fourth-order valence-electron chi connectivity index (χ4n) is 1.92. The maximum Gasteiger partial charge on any atom is 0.243 e.